The van der Waals surface area contributed by atoms with E-state index in [0.717, 1.165) is 41.8 Å². The molecule has 8 heteroatoms. The van der Waals surface area contributed by atoms with E-state index in [0.29, 0.717) is 44.4 Å². The normalized spacial score (nSPS) is 45.4. The zero-order chi connectivity index (χ0) is 27.6. The molecular weight excluding hydrogens is 496 g/mol. The number of carbonyl (C=O) groups excluding carboxylic acids is 1. The molecule has 8 rings (SSSR count). The number of aliphatic hydroxyl groups excluding tert-OH is 1. The van der Waals surface area contributed by atoms with Crippen LogP contribution in [0.4, 0.5) is 0 Å². The quantitative estimate of drug-likeness (QED) is 0.399. The fourth-order valence-corrected chi connectivity index (χ4v) is 9.71. The van der Waals surface area contributed by atoms with Crippen molar-refractivity contribution < 1.29 is 29.2 Å². The molecule has 3 aliphatic heterocycles. The van der Waals surface area contributed by atoms with Crippen LogP contribution in [-0.4, -0.2) is 82.0 Å². The van der Waals surface area contributed by atoms with Crippen molar-refractivity contribution in [2.24, 2.45) is 16.7 Å². The predicted molar refractivity (Wildman–Crippen MR) is 144 cm³/mol. The van der Waals surface area contributed by atoms with Crippen LogP contribution in [-0.2, 0) is 14.2 Å². The molecule has 8 atom stereocenters. The third-order valence-corrected chi connectivity index (χ3v) is 11.8. The number of allylic oxidation sites excluding steroid dienone is 1. The molecule has 1 spiro atoms. The van der Waals surface area contributed by atoms with Gasteiger partial charge in [0, 0.05) is 48.7 Å². The Morgan fingerprint density at radius 1 is 1.26 bits per heavy atom. The number of likely N-dealkylation sites (N-methyl/N-ethyl adjacent to an activating group) is 1. The molecule has 3 N–H and O–H groups in total. The van der Waals surface area contributed by atoms with Gasteiger partial charge in [0.25, 0.3) is 0 Å². The van der Waals surface area contributed by atoms with Gasteiger partial charge in [-0.05, 0) is 76.1 Å². The largest absolute Gasteiger partial charge is 0.454 e. The number of carbonyl (C=O) groups is 1. The Morgan fingerprint density at radius 3 is 2.79 bits per heavy atom. The minimum absolute atomic E-state index is 0.252. The van der Waals surface area contributed by atoms with Gasteiger partial charge in [0.15, 0.2) is 5.79 Å². The number of fused-ring (bicyclic) bond motifs is 1. The third kappa shape index (κ3) is 3.05. The van der Waals surface area contributed by atoms with Crippen molar-refractivity contribution in [3.05, 3.63) is 46.3 Å². The number of aromatic amines is 1. The fraction of sp³-hybridized carbons (Fsp3) is 0.710. The number of H-pyrrole nitrogens is 1. The molecule has 0 aromatic carbocycles. The van der Waals surface area contributed by atoms with Crippen LogP contribution in [0.3, 0.4) is 0 Å². The summed E-state index contributed by atoms with van der Waals surface area (Å²) in [5, 5.41) is 23.8. The number of nitrogens with zero attached hydrogens (tertiary/aromatic N) is 1. The second kappa shape index (κ2) is 8.07. The van der Waals surface area contributed by atoms with Crippen molar-refractivity contribution in [2.75, 3.05) is 26.7 Å². The molecule has 8 nitrogen and oxygen atoms in total. The van der Waals surface area contributed by atoms with E-state index in [1.54, 1.807) is 6.20 Å². The molecule has 3 saturated heterocycles. The summed E-state index contributed by atoms with van der Waals surface area (Å²) in [7, 11) is 2.10. The highest BCUT2D eigenvalue weighted by molar-refractivity contribution is 5.91. The van der Waals surface area contributed by atoms with E-state index in [9.17, 15) is 15.0 Å². The van der Waals surface area contributed by atoms with Crippen molar-refractivity contribution >= 4 is 5.97 Å². The average Bonchev–Trinajstić information content (AvgIpc) is 3.31. The first-order valence-electron chi connectivity index (χ1n) is 14.6. The first-order valence-corrected chi connectivity index (χ1v) is 14.6. The van der Waals surface area contributed by atoms with Gasteiger partial charge in [-0.25, -0.2) is 4.79 Å². The molecule has 1 aromatic rings. The van der Waals surface area contributed by atoms with Crippen LogP contribution in [0.5, 0.6) is 0 Å². The lowest BCUT2D eigenvalue weighted by Crippen LogP contribution is -2.79. The second-order valence-electron chi connectivity index (χ2n) is 13.5. The van der Waals surface area contributed by atoms with Gasteiger partial charge in [-0.2, -0.15) is 0 Å². The number of aromatic nitrogens is 1. The Kier molecular flexibility index (Phi) is 5.37. The van der Waals surface area contributed by atoms with Crippen LogP contribution in [0.25, 0.3) is 0 Å². The van der Waals surface area contributed by atoms with Gasteiger partial charge in [0.05, 0.1) is 18.3 Å². The summed E-state index contributed by atoms with van der Waals surface area (Å²) in [5.74, 6) is -1.31. The molecule has 4 aliphatic carbocycles. The van der Waals surface area contributed by atoms with Crippen LogP contribution in [0, 0.1) is 30.6 Å². The maximum absolute atomic E-state index is 13.3. The second-order valence-corrected chi connectivity index (χ2v) is 13.5. The first-order chi connectivity index (χ1) is 18.4. The topological polar surface area (TPSA) is 104 Å². The van der Waals surface area contributed by atoms with E-state index in [1.807, 2.05) is 20.8 Å². The molecular formula is C31H42N2O6. The van der Waals surface area contributed by atoms with Crippen molar-refractivity contribution in [1.82, 2.24) is 9.88 Å². The summed E-state index contributed by atoms with van der Waals surface area (Å²) >= 11 is 0. The summed E-state index contributed by atoms with van der Waals surface area (Å²) < 4.78 is 19.9. The smallest absolute Gasteiger partial charge is 0.340 e. The van der Waals surface area contributed by atoms with Crippen molar-refractivity contribution in [3.63, 3.8) is 0 Å². The summed E-state index contributed by atoms with van der Waals surface area (Å²) in [5.41, 5.74) is 1.81. The molecule has 4 bridgehead atoms. The highest BCUT2D eigenvalue weighted by Gasteiger charge is 2.79. The average molecular weight is 539 g/mol. The molecule has 2 unspecified atom stereocenters. The highest BCUT2D eigenvalue weighted by Crippen LogP contribution is 2.74. The lowest BCUT2D eigenvalue weighted by Gasteiger charge is -2.73. The van der Waals surface area contributed by atoms with Crippen LogP contribution in [0.1, 0.15) is 74.0 Å². The summed E-state index contributed by atoms with van der Waals surface area (Å²) in [6.45, 7) is 10.1. The van der Waals surface area contributed by atoms with Crippen molar-refractivity contribution in [1.29, 1.82) is 0 Å². The van der Waals surface area contributed by atoms with Gasteiger partial charge in [-0.3, -0.25) is 0 Å². The van der Waals surface area contributed by atoms with Gasteiger partial charge >= 0.3 is 5.97 Å². The van der Waals surface area contributed by atoms with Gasteiger partial charge < -0.3 is 34.3 Å². The van der Waals surface area contributed by atoms with Crippen LogP contribution < -0.4 is 0 Å². The van der Waals surface area contributed by atoms with E-state index in [2.05, 4.69) is 36.0 Å². The van der Waals surface area contributed by atoms with Crippen LogP contribution in [0.2, 0.25) is 0 Å². The molecule has 4 heterocycles. The van der Waals surface area contributed by atoms with Gasteiger partial charge in [-0.15, -0.1) is 0 Å². The minimum Gasteiger partial charge on any atom is -0.454 e. The Hall–Kier alpha value is -1.97. The van der Waals surface area contributed by atoms with Crippen LogP contribution in [0.15, 0.2) is 29.5 Å². The Balaban J connectivity index is 1.32. The third-order valence-electron chi connectivity index (χ3n) is 11.8. The molecule has 39 heavy (non-hydrogen) atoms. The monoisotopic (exact) mass is 538 g/mol. The number of nitrogens with one attached hydrogen (secondary N) is 1. The van der Waals surface area contributed by atoms with Crippen molar-refractivity contribution in [2.45, 2.75) is 95.4 Å². The maximum atomic E-state index is 13.3. The minimum atomic E-state index is -1.22. The van der Waals surface area contributed by atoms with Crippen molar-refractivity contribution in [3.8, 4) is 0 Å². The standard InChI is InChI=1S/C31H42N2O6/c1-18-19(2)32-16-22(18)26(35)38-20(3)23-8-9-30-24-7-6-21-14-29(36)11-10-27(21,4)31(24,39-29)25(34)15-28(23,30)17-33(5)12-13-37-30/h7-8,16,20-21,25,32,34,36H,6,9-15,17H2,1-5H3/t20?,21-,25-,27+,28+,29?,30+,31+/m1/s1. The molecule has 7 aliphatic rings. The van der Waals surface area contributed by atoms with E-state index in [4.69, 9.17) is 14.2 Å². The van der Waals surface area contributed by atoms with E-state index >= 15 is 0 Å². The summed E-state index contributed by atoms with van der Waals surface area (Å²) in [6.07, 6.45) is 8.78. The zero-order valence-corrected chi connectivity index (χ0v) is 23.8. The Morgan fingerprint density at radius 2 is 2.05 bits per heavy atom. The number of aliphatic hydroxyl groups is 2. The number of esters is 1. The Labute approximate surface area is 230 Å². The zero-order valence-electron chi connectivity index (χ0n) is 23.8. The summed E-state index contributed by atoms with van der Waals surface area (Å²) in [6, 6.07) is 0. The molecule has 5 fully saturated rings. The molecule has 1 aromatic heterocycles. The van der Waals surface area contributed by atoms with E-state index < -0.39 is 34.6 Å². The highest BCUT2D eigenvalue weighted by atomic mass is 16.7. The van der Waals surface area contributed by atoms with Gasteiger partial charge in [0.1, 0.15) is 17.3 Å². The number of rotatable bonds is 3. The maximum Gasteiger partial charge on any atom is 0.340 e. The summed E-state index contributed by atoms with van der Waals surface area (Å²) in [4.78, 5) is 18.7. The number of ether oxygens (including phenoxy) is 3. The first kappa shape index (κ1) is 26.0. The lowest BCUT2D eigenvalue weighted by molar-refractivity contribution is -0.401. The molecule has 0 amide bonds. The molecule has 0 radical (unpaired) electrons. The van der Waals surface area contributed by atoms with E-state index in [1.165, 1.54) is 0 Å². The predicted octanol–water partition coefficient (Wildman–Crippen LogP) is 3.55. The number of aryl methyl sites for hydroxylation is 1. The SMILES string of the molecule is Cc1[nH]cc(C(=O)OC(C)C2=CC[C@@]34OCCN(C)C[C@@]23C[C@@H](O)[C@]23OC5(O)CC[C@@]2(C)[C@H](CC=C43)C5)c1C. The molecule has 2 saturated carbocycles. The van der Waals surface area contributed by atoms with Crippen LogP contribution >= 0.6 is 0 Å². The number of hydrogen-bond donors (Lipinski definition) is 3. The van der Waals surface area contributed by atoms with Gasteiger partial charge in [0.2, 0.25) is 0 Å². The molecule has 212 valence electrons. The van der Waals surface area contributed by atoms with Gasteiger partial charge in [-0.1, -0.05) is 19.1 Å². The Bertz CT molecular complexity index is 1300. The lowest BCUT2D eigenvalue weighted by atomic mass is 9.41. The van der Waals surface area contributed by atoms with E-state index in [-0.39, 0.29) is 17.3 Å². The fourth-order valence-electron chi connectivity index (χ4n) is 9.71. The number of hydrogen-bond acceptors (Lipinski definition) is 7.